The molecule has 0 aliphatic carbocycles. The van der Waals surface area contributed by atoms with Gasteiger partial charge in [-0.3, -0.25) is 0 Å². The number of nitrogens with one attached hydrogen (secondary N) is 1. The maximum absolute atomic E-state index is 11.9. The molecule has 108 valence electrons. The molecule has 19 heavy (non-hydrogen) atoms. The minimum absolute atomic E-state index is 0.0281. The Morgan fingerprint density at radius 2 is 2.11 bits per heavy atom. The Morgan fingerprint density at radius 3 is 2.68 bits per heavy atom. The molecular weight excluding hydrogens is 306 g/mol. The van der Waals surface area contributed by atoms with Crippen LogP contribution in [0.5, 0.6) is 0 Å². The molecule has 5 nitrogen and oxygen atoms in total. The second-order valence-electron chi connectivity index (χ2n) is 3.88. The number of carboxylic acids is 1. The molecule has 1 aromatic heterocycles. The van der Waals surface area contributed by atoms with Crippen molar-refractivity contribution in [3.63, 3.8) is 0 Å². The van der Waals surface area contributed by atoms with Crippen molar-refractivity contribution in [2.45, 2.75) is 23.5 Å². The first-order valence-electron chi connectivity index (χ1n) is 5.79. The number of carbonyl (C=O) groups is 1. The second-order valence-corrected chi connectivity index (χ2v) is 7.94. The Labute approximate surface area is 121 Å². The van der Waals surface area contributed by atoms with E-state index in [1.807, 2.05) is 6.26 Å². The van der Waals surface area contributed by atoms with Crippen LogP contribution in [0.2, 0.25) is 0 Å². The van der Waals surface area contributed by atoms with E-state index in [0.717, 1.165) is 36.4 Å². The van der Waals surface area contributed by atoms with Crippen molar-refractivity contribution in [1.82, 2.24) is 4.72 Å². The number of thiophene rings is 1. The quantitative estimate of drug-likeness (QED) is 0.681. The molecule has 1 heterocycles. The van der Waals surface area contributed by atoms with E-state index in [2.05, 4.69) is 4.72 Å². The minimum Gasteiger partial charge on any atom is -0.477 e. The standard InChI is InChI=1S/C11H17NO4S3/c1-17-8-4-2-3-7-12-19(15,16)10-6-5-9(18-10)11(13)14/h5-6,12H,2-4,7-8H2,1H3,(H,13,14). The van der Waals surface area contributed by atoms with E-state index in [4.69, 9.17) is 5.11 Å². The third-order valence-electron chi connectivity index (χ3n) is 2.37. The number of rotatable bonds is 9. The van der Waals surface area contributed by atoms with Gasteiger partial charge in [0.05, 0.1) is 0 Å². The van der Waals surface area contributed by atoms with E-state index in [0.29, 0.717) is 6.54 Å². The summed E-state index contributed by atoms with van der Waals surface area (Å²) in [5, 5.41) is 8.75. The normalized spacial score (nSPS) is 11.6. The maximum atomic E-state index is 11.9. The van der Waals surface area contributed by atoms with Crippen molar-refractivity contribution >= 4 is 39.1 Å². The zero-order valence-electron chi connectivity index (χ0n) is 10.6. The fourth-order valence-corrected chi connectivity index (χ4v) is 4.16. The van der Waals surface area contributed by atoms with Crippen LogP contribution in [-0.2, 0) is 10.0 Å². The summed E-state index contributed by atoms with van der Waals surface area (Å²) in [4.78, 5) is 10.7. The third kappa shape index (κ3) is 5.52. The van der Waals surface area contributed by atoms with E-state index in [9.17, 15) is 13.2 Å². The molecule has 0 aliphatic rings. The largest absolute Gasteiger partial charge is 0.477 e. The van der Waals surface area contributed by atoms with Crippen molar-refractivity contribution in [2.24, 2.45) is 0 Å². The predicted octanol–water partition coefficient (Wildman–Crippen LogP) is 2.26. The molecule has 0 unspecified atom stereocenters. The van der Waals surface area contributed by atoms with E-state index in [1.54, 1.807) is 11.8 Å². The highest BCUT2D eigenvalue weighted by Crippen LogP contribution is 2.21. The summed E-state index contributed by atoms with van der Waals surface area (Å²) < 4.78 is 26.3. The van der Waals surface area contributed by atoms with Gasteiger partial charge in [0.1, 0.15) is 9.09 Å². The van der Waals surface area contributed by atoms with Crippen LogP contribution in [0.1, 0.15) is 28.9 Å². The summed E-state index contributed by atoms with van der Waals surface area (Å²) in [7, 11) is -3.57. The SMILES string of the molecule is CSCCCCCNS(=O)(=O)c1ccc(C(=O)O)s1. The topological polar surface area (TPSA) is 83.5 Å². The van der Waals surface area contributed by atoms with Crippen LogP contribution in [-0.4, -0.2) is 38.0 Å². The van der Waals surface area contributed by atoms with Gasteiger partial charge in [0, 0.05) is 6.54 Å². The number of hydrogen-bond donors (Lipinski definition) is 2. The van der Waals surface area contributed by atoms with Gasteiger partial charge in [-0.2, -0.15) is 11.8 Å². The lowest BCUT2D eigenvalue weighted by atomic mass is 10.2. The number of aromatic carboxylic acids is 1. The lowest BCUT2D eigenvalue weighted by Gasteiger charge is -2.04. The molecule has 0 fully saturated rings. The van der Waals surface area contributed by atoms with Crippen molar-refractivity contribution < 1.29 is 18.3 Å². The summed E-state index contributed by atoms with van der Waals surface area (Å²) in [6.45, 7) is 0.386. The Hall–Kier alpha value is -0.570. The highest BCUT2D eigenvalue weighted by molar-refractivity contribution is 7.98. The lowest BCUT2D eigenvalue weighted by Crippen LogP contribution is -2.24. The first-order chi connectivity index (χ1) is 8.97. The van der Waals surface area contributed by atoms with E-state index >= 15 is 0 Å². The van der Waals surface area contributed by atoms with Gasteiger partial charge >= 0.3 is 5.97 Å². The summed E-state index contributed by atoms with van der Waals surface area (Å²) >= 11 is 2.54. The molecule has 8 heteroatoms. The van der Waals surface area contributed by atoms with Gasteiger partial charge in [-0.15, -0.1) is 11.3 Å². The maximum Gasteiger partial charge on any atom is 0.345 e. The summed E-state index contributed by atoms with van der Waals surface area (Å²) in [5.41, 5.74) is 0. The molecule has 2 N–H and O–H groups in total. The van der Waals surface area contributed by atoms with Gasteiger partial charge in [-0.25, -0.2) is 17.9 Å². The lowest BCUT2D eigenvalue weighted by molar-refractivity contribution is 0.0702. The fourth-order valence-electron chi connectivity index (χ4n) is 1.41. The molecule has 0 radical (unpaired) electrons. The first kappa shape index (κ1) is 16.5. The first-order valence-corrected chi connectivity index (χ1v) is 9.48. The van der Waals surface area contributed by atoms with E-state index < -0.39 is 16.0 Å². The zero-order chi connectivity index (χ0) is 14.3. The average Bonchev–Trinajstić information content (AvgIpc) is 2.84. The van der Waals surface area contributed by atoms with Gasteiger partial charge in [-0.1, -0.05) is 6.42 Å². The van der Waals surface area contributed by atoms with Crippen LogP contribution < -0.4 is 4.72 Å². The molecule has 1 aromatic rings. The van der Waals surface area contributed by atoms with Crippen molar-refractivity contribution in [2.75, 3.05) is 18.6 Å². The predicted molar refractivity (Wildman–Crippen MR) is 78.7 cm³/mol. The number of carboxylic acid groups (broad SMARTS) is 1. The number of thioether (sulfide) groups is 1. The number of sulfonamides is 1. The Morgan fingerprint density at radius 1 is 1.37 bits per heavy atom. The molecule has 0 bridgehead atoms. The van der Waals surface area contributed by atoms with E-state index in [-0.39, 0.29) is 9.09 Å². The van der Waals surface area contributed by atoms with Gasteiger partial charge < -0.3 is 5.11 Å². The van der Waals surface area contributed by atoms with Crippen molar-refractivity contribution in [3.8, 4) is 0 Å². The van der Waals surface area contributed by atoms with Gasteiger partial charge in [0.2, 0.25) is 10.0 Å². The highest BCUT2D eigenvalue weighted by Gasteiger charge is 2.18. The van der Waals surface area contributed by atoms with Crippen LogP contribution in [0.3, 0.4) is 0 Å². The van der Waals surface area contributed by atoms with Gasteiger partial charge in [0.15, 0.2) is 0 Å². The number of hydrogen-bond acceptors (Lipinski definition) is 5. The van der Waals surface area contributed by atoms with Crippen molar-refractivity contribution in [1.29, 1.82) is 0 Å². The van der Waals surface area contributed by atoms with Crippen LogP contribution in [0.25, 0.3) is 0 Å². The fraction of sp³-hybridized carbons (Fsp3) is 0.545. The molecule has 0 amide bonds. The summed E-state index contributed by atoms with van der Waals surface area (Å²) in [5.74, 6) is -0.0249. The minimum atomic E-state index is -3.57. The summed E-state index contributed by atoms with van der Waals surface area (Å²) in [6, 6.07) is 2.63. The monoisotopic (exact) mass is 323 g/mol. The molecule has 0 aliphatic heterocycles. The van der Waals surface area contributed by atoms with Crippen molar-refractivity contribution in [3.05, 3.63) is 17.0 Å². The Kier molecular flexibility index (Phi) is 6.84. The highest BCUT2D eigenvalue weighted by atomic mass is 32.2. The molecule has 0 saturated carbocycles. The smallest absolute Gasteiger partial charge is 0.345 e. The van der Waals surface area contributed by atoms with Crippen LogP contribution >= 0.6 is 23.1 Å². The molecule has 0 atom stereocenters. The molecule has 0 spiro atoms. The average molecular weight is 323 g/mol. The second kappa shape index (κ2) is 7.88. The molecular formula is C11H17NO4S3. The van der Waals surface area contributed by atoms with Crippen LogP contribution in [0.15, 0.2) is 16.3 Å². The molecule has 1 rings (SSSR count). The summed E-state index contributed by atoms with van der Waals surface area (Å²) in [6.07, 6.45) is 4.88. The van der Waals surface area contributed by atoms with Crippen LogP contribution in [0.4, 0.5) is 0 Å². The Bertz CT molecular complexity index is 510. The van der Waals surface area contributed by atoms with Crippen LogP contribution in [0, 0.1) is 0 Å². The van der Waals surface area contributed by atoms with E-state index in [1.165, 1.54) is 12.1 Å². The third-order valence-corrected chi connectivity index (χ3v) is 6.10. The Balaban J connectivity index is 2.44. The van der Waals surface area contributed by atoms with Gasteiger partial charge in [-0.05, 0) is 37.0 Å². The zero-order valence-corrected chi connectivity index (χ0v) is 13.0. The molecule has 0 saturated heterocycles. The number of unbranched alkanes of at least 4 members (excludes halogenated alkanes) is 2. The molecule has 0 aromatic carbocycles. The van der Waals surface area contributed by atoms with Gasteiger partial charge in [0.25, 0.3) is 0 Å².